The third kappa shape index (κ3) is 2.83. The predicted molar refractivity (Wildman–Crippen MR) is 61.7 cm³/mol. The van der Waals surface area contributed by atoms with Crippen molar-refractivity contribution in [1.82, 2.24) is 14.8 Å². The van der Waals surface area contributed by atoms with Gasteiger partial charge in [0.25, 0.3) is 10.0 Å². The largest absolute Gasteiger partial charge is 0.379 e. The van der Waals surface area contributed by atoms with Gasteiger partial charge in [-0.15, -0.1) is 4.83 Å². The zero-order valence-electron chi connectivity index (χ0n) is 9.54. The second-order valence-corrected chi connectivity index (χ2v) is 5.29. The highest BCUT2D eigenvalue weighted by atomic mass is 32.2. The van der Waals surface area contributed by atoms with Crippen LogP contribution in [0.2, 0.25) is 0 Å². The molecule has 0 aliphatic carbocycles. The monoisotopic (exact) mass is 268 g/mol. The third-order valence-corrected chi connectivity index (χ3v) is 3.83. The number of sulfonamides is 1. The molecule has 1 aliphatic heterocycles. The van der Waals surface area contributed by atoms with Gasteiger partial charge in [-0.2, -0.15) is 5.26 Å². The minimum absolute atomic E-state index is 0.112. The first-order chi connectivity index (χ1) is 8.63. The van der Waals surface area contributed by atoms with Crippen LogP contribution in [0.4, 0.5) is 0 Å². The van der Waals surface area contributed by atoms with E-state index in [-0.39, 0.29) is 10.6 Å². The summed E-state index contributed by atoms with van der Waals surface area (Å²) in [6, 6.07) is 4.60. The molecule has 8 heteroatoms. The van der Waals surface area contributed by atoms with Crippen molar-refractivity contribution >= 4 is 10.0 Å². The number of rotatable bonds is 3. The predicted octanol–water partition coefficient (Wildman–Crippen LogP) is -0.521. The van der Waals surface area contributed by atoms with Crippen molar-refractivity contribution in [3.63, 3.8) is 0 Å². The van der Waals surface area contributed by atoms with Crippen LogP contribution < -0.4 is 4.83 Å². The van der Waals surface area contributed by atoms with Crippen molar-refractivity contribution in [3.05, 3.63) is 24.0 Å². The highest BCUT2D eigenvalue weighted by Gasteiger charge is 2.23. The Morgan fingerprint density at radius 3 is 2.83 bits per heavy atom. The molecule has 1 aromatic rings. The molecule has 1 fully saturated rings. The minimum Gasteiger partial charge on any atom is -0.379 e. The van der Waals surface area contributed by atoms with Crippen LogP contribution in [0.15, 0.2) is 23.2 Å². The lowest BCUT2D eigenvalue weighted by Gasteiger charge is -2.26. The molecule has 96 valence electrons. The van der Waals surface area contributed by atoms with Crippen LogP contribution in [0.5, 0.6) is 0 Å². The summed E-state index contributed by atoms with van der Waals surface area (Å²) in [6.07, 6.45) is 1.38. The van der Waals surface area contributed by atoms with Gasteiger partial charge in [0.1, 0.15) is 11.0 Å². The lowest BCUT2D eigenvalue weighted by atomic mass is 10.4. The number of hydrogen-bond donors (Lipinski definition) is 1. The van der Waals surface area contributed by atoms with Gasteiger partial charge in [0, 0.05) is 19.3 Å². The summed E-state index contributed by atoms with van der Waals surface area (Å²) in [4.78, 5) is 6.04. The molecule has 2 rings (SSSR count). The second kappa shape index (κ2) is 5.41. The van der Waals surface area contributed by atoms with Crippen LogP contribution >= 0.6 is 0 Å². The molecule has 0 amide bonds. The number of pyridine rings is 1. The number of hydrogen-bond acceptors (Lipinski definition) is 6. The summed E-state index contributed by atoms with van der Waals surface area (Å²) >= 11 is 0. The van der Waals surface area contributed by atoms with Crippen molar-refractivity contribution in [1.29, 1.82) is 5.26 Å². The van der Waals surface area contributed by atoms with Gasteiger partial charge in [0.2, 0.25) is 0 Å². The Labute approximate surface area is 105 Å². The second-order valence-electron chi connectivity index (χ2n) is 3.66. The van der Waals surface area contributed by atoms with E-state index in [1.165, 1.54) is 18.3 Å². The van der Waals surface area contributed by atoms with Gasteiger partial charge in [0.05, 0.1) is 13.2 Å². The van der Waals surface area contributed by atoms with Crippen LogP contribution in [0.25, 0.3) is 0 Å². The van der Waals surface area contributed by atoms with E-state index in [0.717, 1.165) is 0 Å². The molecule has 7 nitrogen and oxygen atoms in total. The van der Waals surface area contributed by atoms with Gasteiger partial charge in [-0.05, 0) is 12.1 Å². The number of morpholine rings is 1. The maximum Gasteiger partial charge on any atom is 0.256 e. The Kier molecular flexibility index (Phi) is 3.88. The number of nitriles is 1. The molecule has 0 atom stereocenters. The molecule has 0 bridgehead atoms. The number of nitrogens with zero attached hydrogens (tertiary/aromatic N) is 3. The molecule has 18 heavy (non-hydrogen) atoms. The average molecular weight is 268 g/mol. The smallest absolute Gasteiger partial charge is 0.256 e. The van der Waals surface area contributed by atoms with Gasteiger partial charge in [0.15, 0.2) is 5.69 Å². The fraction of sp³-hybridized carbons (Fsp3) is 0.400. The van der Waals surface area contributed by atoms with Crippen molar-refractivity contribution in [2.75, 3.05) is 26.3 Å². The molecule has 2 heterocycles. The van der Waals surface area contributed by atoms with Crippen LogP contribution in [0, 0.1) is 11.3 Å². The van der Waals surface area contributed by atoms with Gasteiger partial charge in [-0.3, -0.25) is 0 Å². The first-order valence-corrected chi connectivity index (χ1v) is 6.82. The molecule has 0 spiro atoms. The fourth-order valence-corrected chi connectivity index (χ4v) is 2.80. The first kappa shape index (κ1) is 12.9. The zero-order valence-corrected chi connectivity index (χ0v) is 10.4. The van der Waals surface area contributed by atoms with Crippen LogP contribution in [0.1, 0.15) is 5.69 Å². The van der Waals surface area contributed by atoms with E-state index in [9.17, 15) is 8.42 Å². The van der Waals surface area contributed by atoms with E-state index in [1.54, 1.807) is 11.1 Å². The number of aromatic nitrogens is 1. The van der Waals surface area contributed by atoms with E-state index in [2.05, 4.69) is 9.82 Å². The van der Waals surface area contributed by atoms with Crippen LogP contribution in [0.3, 0.4) is 0 Å². The van der Waals surface area contributed by atoms with Crippen molar-refractivity contribution < 1.29 is 13.2 Å². The topological polar surface area (TPSA) is 95.3 Å². The molecule has 1 saturated heterocycles. The molecule has 1 N–H and O–H groups in total. The highest BCUT2D eigenvalue weighted by molar-refractivity contribution is 7.89. The molecular formula is C10H12N4O3S. The fourth-order valence-electron chi connectivity index (χ4n) is 1.57. The lowest BCUT2D eigenvalue weighted by Crippen LogP contribution is -2.48. The molecular weight excluding hydrogens is 256 g/mol. The van der Waals surface area contributed by atoms with Crippen molar-refractivity contribution in [2.45, 2.75) is 4.90 Å². The normalized spacial score (nSPS) is 17.3. The number of hydrazine groups is 1. The maximum absolute atomic E-state index is 12.1. The quantitative estimate of drug-likeness (QED) is 0.792. The SMILES string of the molecule is N#Cc1ncccc1S(=O)(=O)NN1CCOCC1. The van der Waals surface area contributed by atoms with Gasteiger partial charge >= 0.3 is 0 Å². The third-order valence-electron chi connectivity index (χ3n) is 2.43. The van der Waals surface area contributed by atoms with E-state index in [4.69, 9.17) is 10.00 Å². The molecule has 0 unspecified atom stereocenters. The molecule has 1 aliphatic rings. The Bertz CT molecular complexity index is 561. The van der Waals surface area contributed by atoms with E-state index in [0.29, 0.717) is 26.3 Å². The maximum atomic E-state index is 12.1. The average Bonchev–Trinajstić information content (AvgIpc) is 2.39. The lowest BCUT2D eigenvalue weighted by molar-refractivity contribution is 0.0272. The highest BCUT2D eigenvalue weighted by Crippen LogP contribution is 2.12. The minimum atomic E-state index is -3.77. The Hall–Kier alpha value is -1.53. The van der Waals surface area contributed by atoms with Gasteiger partial charge in [-0.25, -0.2) is 18.4 Å². The van der Waals surface area contributed by atoms with Crippen molar-refractivity contribution in [2.24, 2.45) is 0 Å². The van der Waals surface area contributed by atoms with Gasteiger partial charge in [-0.1, -0.05) is 0 Å². The number of ether oxygens (including phenoxy) is 1. The molecule has 0 radical (unpaired) electrons. The van der Waals surface area contributed by atoms with Crippen molar-refractivity contribution in [3.8, 4) is 6.07 Å². The van der Waals surface area contributed by atoms with Crippen LogP contribution in [-0.2, 0) is 14.8 Å². The summed E-state index contributed by atoms with van der Waals surface area (Å²) in [5.41, 5.74) is -0.113. The number of nitrogens with one attached hydrogen (secondary N) is 1. The Morgan fingerprint density at radius 1 is 1.44 bits per heavy atom. The summed E-state index contributed by atoms with van der Waals surface area (Å²) in [5, 5.41) is 10.4. The molecule has 1 aromatic heterocycles. The molecule has 0 saturated carbocycles. The summed E-state index contributed by atoms with van der Waals surface area (Å²) < 4.78 is 29.3. The van der Waals surface area contributed by atoms with E-state index < -0.39 is 10.0 Å². The summed E-state index contributed by atoms with van der Waals surface area (Å²) in [7, 11) is -3.77. The Balaban J connectivity index is 2.22. The van der Waals surface area contributed by atoms with Gasteiger partial charge < -0.3 is 4.74 Å². The Morgan fingerprint density at radius 2 is 2.17 bits per heavy atom. The first-order valence-electron chi connectivity index (χ1n) is 5.34. The standard InChI is InChI=1S/C10H12N4O3S/c11-8-9-10(2-1-3-12-9)18(15,16)13-14-4-6-17-7-5-14/h1-3,13H,4-7H2. The molecule has 0 aromatic carbocycles. The van der Waals surface area contributed by atoms with E-state index >= 15 is 0 Å². The zero-order chi connectivity index (χ0) is 13.0. The summed E-state index contributed by atoms with van der Waals surface area (Å²) in [6.45, 7) is 1.89. The van der Waals surface area contributed by atoms with E-state index in [1.807, 2.05) is 0 Å². The summed E-state index contributed by atoms with van der Waals surface area (Å²) in [5.74, 6) is 0. The van der Waals surface area contributed by atoms with Crippen LogP contribution in [-0.4, -0.2) is 44.7 Å².